The van der Waals surface area contributed by atoms with Gasteiger partial charge in [0.2, 0.25) is 0 Å². The number of benzene rings is 1. The topological polar surface area (TPSA) is 43.8 Å². The van der Waals surface area contributed by atoms with Crippen molar-refractivity contribution in [3.05, 3.63) is 31.8 Å². The van der Waals surface area contributed by atoms with E-state index >= 15 is 0 Å². The third kappa shape index (κ3) is 2.56. The maximum atomic E-state index is 6.10. The van der Waals surface area contributed by atoms with E-state index in [1.54, 1.807) is 4.68 Å². The van der Waals surface area contributed by atoms with Crippen LogP contribution in [0.5, 0.6) is 0 Å². The van der Waals surface area contributed by atoms with Crippen molar-refractivity contribution in [1.82, 2.24) is 9.78 Å². The fourth-order valence-corrected chi connectivity index (χ4v) is 2.90. The summed E-state index contributed by atoms with van der Waals surface area (Å²) in [7, 11) is 1.89. The fourth-order valence-electron chi connectivity index (χ4n) is 1.97. The first kappa shape index (κ1) is 13.9. The summed E-state index contributed by atoms with van der Waals surface area (Å²) in [4.78, 5) is 0. The predicted molar refractivity (Wildman–Crippen MR) is 87.5 cm³/mol. The van der Waals surface area contributed by atoms with Gasteiger partial charge in [-0.25, -0.2) is 0 Å². The molecular formula is C13H15BrIN3. The summed E-state index contributed by atoms with van der Waals surface area (Å²) in [5.41, 5.74) is 9.34. The zero-order valence-corrected chi connectivity index (χ0v) is 14.1. The summed E-state index contributed by atoms with van der Waals surface area (Å²) in [6.07, 6.45) is 2.01. The van der Waals surface area contributed by atoms with E-state index in [0.29, 0.717) is 0 Å². The van der Waals surface area contributed by atoms with Gasteiger partial charge in [0.15, 0.2) is 0 Å². The van der Waals surface area contributed by atoms with Crippen molar-refractivity contribution < 1.29 is 0 Å². The van der Waals surface area contributed by atoms with Crippen molar-refractivity contribution in [3.8, 4) is 11.3 Å². The van der Waals surface area contributed by atoms with E-state index in [2.05, 4.69) is 68.7 Å². The van der Waals surface area contributed by atoms with Gasteiger partial charge < -0.3 is 5.73 Å². The van der Waals surface area contributed by atoms with Gasteiger partial charge in [-0.2, -0.15) is 5.10 Å². The van der Waals surface area contributed by atoms with Crippen LogP contribution in [0.25, 0.3) is 11.3 Å². The maximum absolute atomic E-state index is 6.10. The van der Waals surface area contributed by atoms with Gasteiger partial charge in [-0.3, -0.25) is 4.68 Å². The Bertz CT molecular complexity index is 578. The molecule has 0 aliphatic carbocycles. The third-order valence-electron chi connectivity index (χ3n) is 2.88. The minimum Gasteiger partial charge on any atom is -0.384 e. The second-order valence-electron chi connectivity index (χ2n) is 4.21. The number of nitrogen functional groups attached to an aromatic ring is 1. The Balaban J connectivity index is 2.63. The Morgan fingerprint density at radius 3 is 2.83 bits per heavy atom. The van der Waals surface area contributed by atoms with Gasteiger partial charge in [0.25, 0.3) is 0 Å². The lowest BCUT2D eigenvalue weighted by Gasteiger charge is -2.05. The molecule has 0 unspecified atom stereocenters. The molecule has 0 amide bonds. The third-order valence-corrected chi connectivity index (χ3v) is 4.24. The van der Waals surface area contributed by atoms with E-state index in [1.165, 1.54) is 3.57 Å². The van der Waals surface area contributed by atoms with Crippen LogP contribution in [-0.4, -0.2) is 9.78 Å². The molecule has 2 N–H and O–H groups in total. The minimum atomic E-state index is 0.762. The molecule has 0 radical (unpaired) electrons. The number of rotatable bonds is 3. The van der Waals surface area contributed by atoms with Gasteiger partial charge in [-0.05, 0) is 47.2 Å². The Labute approximate surface area is 129 Å². The van der Waals surface area contributed by atoms with Crippen LogP contribution in [0.1, 0.15) is 18.9 Å². The number of aryl methyl sites for hydroxylation is 1. The Morgan fingerprint density at radius 1 is 1.44 bits per heavy atom. The molecule has 1 aromatic heterocycles. The fraction of sp³-hybridized carbons (Fsp3) is 0.308. The van der Waals surface area contributed by atoms with E-state index in [4.69, 9.17) is 5.73 Å². The van der Waals surface area contributed by atoms with Crippen molar-refractivity contribution in [2.24, 2.45) is 7.05 Å². The molecule has 0 spiro atoms. The molecule has 0 saturated heterocycles. The van der Waals surface area contributed by atoms with E-state index in [1.807, 2.05) is 7.05 Å². The number of hydrogen-bond donors (Lipinski definition) is 1. The summed E-state index contributed by atoms with van der Waals surface area (Å²) < 4.78 is 4.00. The van der Waals surface area contributed by atoms with Crippen molar-refractivity contribution in [1.29, 1.82) is 0 Å². The van der Waals surface area contributed by atoms with Crippen LogP contribution in [-0.2, 0) is 13.5 Å². The molecule has 0 fully saturated rings. The molecule has 1 heterocycles. The molecule has 0 aliphatic rings. The molecule has 2 rings (SSSR count). The number of halogens is 2. The molecule has 0 aliphatic heterocycles. The van der Waals surface area contributed by atoms with Crippen LogP contribution in [0.3, 0.4) is 0 Å². The number of aromatic nitrogens is 2. The number of nitrogens with zero attached hydrogens (tertiary/aromatic N) is 2. The molecule has 18 heavy (non-hydrogen) atoms. The van der Waals surface area contributed by atoms with Crippen LogP contribution in [0.2, 0.25) is 0 Å². The standard InChI is InChI=1S/C13H15BrIN3/c1-3-4-9-12(17-18(2)13(9)16)10-7-8(15)5-6-11(10)14/h5-7H,3-4,16H2,1-2H3. The summed E-state index contributed by atoms with van der Waals surface area (Å²) >= 11 is 5.90. The van der Waals surface area contributed by atoms with Crippen LogP contribution in [0.4, 0.5) is 5.82 Å². The average Bonchev–Trinajstić information content (AvgIpc) is 2.61. The quantitative estimate of drug-likeness (QED) is 0.764. The predicted octanol–water partition coefficient (Wildman–Crippen LogP) is 3.99. The van der Waals surface area contributed by atoms with Crippen molar-refractivity contribution >= 4 is 44.3 Å². The lowest BCUT2D eigenvalue weighted by Crippen LogP contribution is -1.99. The minimum absolute atomic E-state index is 0.762. The highest BCUT2D eigenvalue weighted by atomic mass is 127. The van der Waals surface area contributed by atoms with Gasteiger partial charge in [-0.15, -0.1) is 0 Å². The lowest BCUT2D eigenvalue weighted by molar-refractivity contribution is 0.781. The Kier molecular flexibility index (Phi) is 4.32. The second kappa shape index (κ2) is 5.61. The maximum Gasteiger partial charge on any atom is 0.125 e. The highest BCUT2D eigenvalue weighted by Gasteiger charge is 2.16. The second-order valence-corrected chi connectivity index (χ2v) is 6.31. The van der Waals surface area contributed by atoms with Gasteiger partial charge in [0.05, 0.1) is 5.69 Å². The normalized spacial score (nSPS) is 10.9. The van der Waals surface area contributed by atoms with Gasteiger partial charge >= 0.3 is 0 Å². The molecule has 0 saturated carbocycles. The number of hydrogen-bond acceptors (Lipinski definition) is 2. The monoisotopic (exact) mass is 419 g/mol. The van der Waals surface area contributed by atoms with Crippen molar-refractivity contribution in [2.45, 2.75) is 19.8 Å². The molecule has 3 nitrogen and oxygen atoms in total. The number of nitrogens with two attached hydrogens (primary N) is 1. The van der Waals surface area contributed by atoms with E-state index in [9.17, 15) is 0 Å². The summed E-state index contributed by atoms with van der Waals surface area (Å²) in [5, 5.41) is 4.56. The first-order chi connectivity index (χ1) is 8.54. The Hall–Kier alpha value is -0.560. The van der Waals surface area contributed by atoms with E-state index in [-0.39, 0.29) is 0 Å². The molecule has 96 valence electrons. The zero-order valence-electron chi connectivity index (χ0n) is 10.4. The van der Waals surface area contributed by atoms with Crippen LogP contribution < -0.4 is 5.73 Å². The molecule has 0 atom stereocenters. The van der Waals surface area contributed by atoms with Gasteiger partial charge in [-0.1, -0.05) is 29.3 Å². The zero-order chi connectivity index (χ0) is 13.3. The molecule has 0 bridgehead atoms. The molecular weight excluding hydrogens is 405 g/mol. The molecule has 5 heteroatoms. The summed E-state index contributed by atoms with van der Waals surface area (Å²) in [5.74, 6) is 0.762. The summed E-state index contributed by atoms with van der Waals surface area (Å²) in [6.45, 7) is 2.15. The highest BCUT2D eigenvalue weighted by Crippen LogP contribution is 2.34. The first-order valence-corrected chi connectivity index (χ1v) is 7.68. The number of anilines is 1. The Morgan fingerprint density at radius 2 is 2.17 bits per heavy atom. The van der Waals surface area contributed by atoms with Crippen molar-refractivity contribution in [3.63, 3.8) is 0 Å². The van der Waals surface area contributed by atoms with E-state index < -0.39 is 0 Å². The average molecular weight is 420 g/mol. The summed E-state index contributed by atoms with van der Waals surface area (Å²) in [6, 6.07) is 6.25. The molecule has 2 aromatic rings. The first-order valence-electron chi connectivity index (χ1n) is 5.81. The molecule has 1 aromatic carbocycles. The van der Waals surface area contributed by atoms with E-state index in [0.717, 1.165) is 40.0 Å². The SMILES string of the molecule is CCCc1c(-c2cc(I)ccc2Br)nn(C)c1N. The highest BCUT2D eigenvalue weighted by molar-refractivity contribution is 14.1. The van der Waals surface area contributed by atoms with Gasteiger partial charge in [0.1, 0.15) is 5.82 Å². The largest absolute Gasteiger partial charge is 0.384 e. The van der Waals surface area contributed by atoms with Crippen molar-refractivity contribution in [2.75, 3.05) is 5.73 Å². The smallest absolute Gasteiger partial charge is 0.125 e. The lowest BCUT2D eigenvalue weighted by atomic mass is 10.0. The van der Waals surface area contributed by atoms with Crippen LogP contribution in [0, 0.1) is 3.57 Å². The van der Waals surface area contributed by atoms with Crippen LogP contribution >= 0.6 is 38.5 Å². The van der Waals surface area contributed by atoms with Gasteiger partial charge in [0, 0.05) is 26.2 Å². The van der Waals surface area contributed by atoms with Crippen LogP contribution in [0.15, 0.2) is 22.7 Å².